The van der Waals surface area contributed by atoms with Crippen LogP contribution < -0.4 is 5.32 Å². The Kier molecular flexibility index (Phi) is 3.86. The Morgan fingerprint density at radius 2 is 2.67 bits per heavy atom. The Bertz CT molecular complexity index is 315. The SMILES string of the molecule is C=Cn1cc(CNC2CCCSC2)cn1. The fourth-order valence-electron chi connectivity index (χ4n) is 1.73. The first kappa shape index (κ1) is 10.8. The Morgan fingerprint density at radius 3 is 3.33 bits per heavy atom. The monoisotopic (exact) mass is 223 g/mol. The van der Waals surface area contributed by atoms with Crippen LogP contribution in [0.4, 0.5) is 0 Å². The van der Waals surface area contributed by atoms with Gasteiger partial charge in [0.25, 0.3) is 0 Å². The van der Waals surface area contributed by atoms with Crippen LogP contribution in [0.1, 0.15) is 18.4 Å². The number of hydrogen-bond donors (Lipinski definition) is 1. The molecule has 3 nitrogen and oxygen atoms in total. The Hall–Kier alpha value is -0.740. The van der Waals surface area contributed by atoms with Gasteiger partial charge in [0.1, 0.15) is 0 Å². The minimum Gasteiger partial charge on any atom is -0.309 e. The molecule has 82 valence electrons. The molecule has 1 saturated heterocycles. The minimum atomic E-state index is 0.677. The lowest BCUT2D eigenvalue weighted by Gasteiger charge is -2.22. The number of rotatable bonds is 4. The van der Waals surface area contributed by atoms with E-state index in [1.165, 1.54) is 29.9 Å². The molecule has 0 saturated carbocycles. The van der Waals surface area contributed by atoms with Gasteiger partial charge in [-0.3, -0.25) is 0 Å². The lowest BCUT2D eigenvalue weighted by Crippen LogP contribution is -2.33. The van der Waals surface area contributed by atoms with Crippen molar-refractivity contribution in [2.24, 2.45) is 0 Å². The average molecular weight is 223 g/mol. The third-order valence-corrected chi connectivity index (χ3v) is 3.81. The van der Waals surface area contributed by atoms with Crippen molar-refractivity contribution < 1.29 is 0 Å². The van der Waals surface area contributed by atoms with Gasteiger partial charge in [0.15, 0.2) is 0 Å². The van der Waals surface area contributed by atoms with Gasteiger partial charge in [-0.15, -0.1) is 0 Å². The van der Waals surface area contributed by atoms with E-state index in [2.05, 4.69) is 17.0 Å². The predicted molar refractivity (Wildman–Crippen MR) is 65.8 cm³/mol. The third kappa shape index (κ3) is 3.11. The zero-order valence-electron chi connectivity index (χ0n) is 8.85. The molecule has 1 unspecified atom stereocenters. The van der Waals surface area contributed by atoms with E-state index in [1.807, 2.05) is 24.2 Å². The molecule has 2 rings (SSSR count). The second-order valence-electron chi connectivity index (χ2n) is 3.81. The smallest absolute Gasteiger partial charge is 0.0538 e. The summed E-state index contributed by atoms with van der Waals surface area (Å²) in [4.78, 5) is 0. The molecule has 1 N–H and O–H groups in total. The molecule has 4 heteroatoms. The van der Waals surface area contributed by atoms with E-state index < -0.39 is 0 Å². The fraction of sp³-hybridized carbons (Fsp3) is 0.545. The first-order valence-electron chi connectivity index (χ1n) is 5.35. The van der Waals surface area contributed by atoms with Crippen molar-refractivity contribution in [2.75, 3.05) is 11.5 Å². The van der Waals surface area contributed by atoms with Crippen LogP contribution in [-0.4, -0.2) is 27.3 Å². The van der Waals surface area contributed by atoms with Gasteiger partial charge >= 0.3 is 0 Å². The molecule has 1 atom stereocenters. The van der Waals surface area contributed by atoms with Gasteiger partial charge in [-0.05, 0) is 18.6 Å². The predicted octanol–water partition coefficient (Wildman–Crippen LogP) is 1.97. The molecule has 1 fully saturated rings. The third-order valence-electron chi connectivity index (χ3n) is 2.60. The first-order chi connectivity index (χ1) is 7.38. The van der Waals surface area contributed by atoms with Crippen molar-refractivity contribution in [3.05, 3.63) is 24.5 Å². The summed E-state index contributed by atoms with van der Waals surface area (Å²) in [7, 11) is 0. The van der Waals surface area contributed by atoms with Gasteiger partial charge in [0, 0.05) is 36.3 Å². The maximum Gasteiger partial charge on any atom is 0.0538 e. The molecule has 1 aromatic rings. The minimum absolute atomic E-state index is 0.677. The number of nitrogens with zero attached hydrogens (tertiary/aromatic N) is 2. The normalized spacial score (nSPS) is 21.5. The molecule has 0 aromatic carbocycles. The van der Waals surface area contributed by atoms with Gasteiger partial charge in [-0.2, -0.15) is 16.9 Å². The van der Waals surface area contributed by atoms with Crippen LogP contribution in [0.15, 0.2) is 19.0 Å². The van der Waals surface area contributed by atoms with Crippen molar-refractivity contribution in [3.63, 3.8) is 0 Å². The van der Waals surface area contributed by atoms with Crippen molar-refractivity contribution in [2.45, 2.75) is 25.4 Å². The van der Waals surface area contributed by atoms with Gasteiger partial charge in [-0.1, -0.05) is 6.58 Å². The Balaban J connectivity index is 1.79. The summed E-state index contributed by atoms with van der Waals surface area (Å²) in [6.07, 6.45) is 8.26. The van der Waals surface area contributed by atoms with Crippen molar-refractivity contribution in [1.82, 2.24) is 15.1 Å². The standard InChI is InChI=1S/C11H17N3S/c1-2-14-8-10(7-13-14)6-12-11-4-3-5-15-9-11/h2,7-8,11-12H,1,3-6,9H2. The number of hydrogen-bond acceptors (Lipinski definition) is 3. The Morgan fingerprint density at radius 1 is 1.73 bits per heavy atom. The lowest BCUT2D eigenvalue weighted by molar-refractivity contribution is 0.507. The summed E-state index contributed by atoms with van der Waals surface area (Å²) in [6, 6.07) is 0.677. The summed E-state index contributed by atoms with van der Waals surface area (Å²) in [5.74, 6) is 2.57. The van der Waals surface area contributed by atoms with E-state index in [4.69, 9.17) is 0 Å². The average Bonchev–Trinajstić information content (AvgIpc) is 2.76. The van der Waals surface area contributed by atoms with Gasteiger partial charge in [-0.25, -0.2) is 4.68 Å². The van der Waals surface area contributed by atoms with Crippen molar-refractivity contribution in [3.8, 4) is 0 Å². The largest absolute Gasteiger partial charge is 0.309 e. The summed E-state index contributed by atoms with van der Waals surface area (Å²) in [5.41, 5.74) is 1.23. The summed E-state index contributed by atoms with van der Waals surface area (Å²) >= 11 is 2.05. The second-order valence-corrected chi connectivity index (χ2v) is 4.96. The van der Waals surface area contributed by atoms with Crippen LogP contribution in [0.3, 0.4) is 0 Å². The molecule has 0 bridgehead atoms. The molecular weight excluding hydrogens is 206 g/mol. The van der Waals surface area contributed by atoms with E-state index >= 15 is 0 Å². The quantitative estimate of drug-likeness (QED) is 0.846. The van der Waals surface area contributed by atoms with Crippen LogP contribution in [0.25, 0.3) is 6.20 Å². The highest BCUT2D eigenvalue weighted by atomic mass is 32.2. The zero-order valence-corrected chi connectivity index (χ0v) is 9.67. The number of aromatic nitrogens is 2. The maximum atomic E-state index is 4.15. The van der Waals surface area contributed by atoms with Crippen LogP contribution in [0.2, 0.25) is 0 Å². The lowest BCUT2D eigenvalue weighted by atomic mass is 10.2. The summed E-state index contributed by atoms with van der Waals surface area (Å²) in [6.45, 7) is 4.59. The molecule has 1 aromatic heterocycles. The van der Waals surface area contributed by atoms with Gasteiger partial charge in [0.2, 0.25) is 0 Å². The molecule has 0 radical (unpaired) electrons. The molecule has 15 heavy (non-hydrogen) atoms. The second kappa shape index (κ2) is 5.37. The first-order valence-corrected chi connectivity index (χ1v) is 6.50. The van der Waals surface area contributed by atoms with Crippen LogP contribution in [0, 0.1) is 0 Å². The van der Waals surface area contributed by atoms with Gasteiger partial charge in [0.05, 0.1) is 6.20 Å². The Labute approximate surface area is 94.9 Å². The highest BCUT2D eigenvalue weighted by molar-refractivity contribution is 7.99. The van der Waals surface area contributed by atoms with Crippen molar-refractivity contribution >= 4 is 18.0 Å². The maximum absolute atomic E-state index is 4.15. The van der Waals surface area contributed by atoms with E-state index in [0.29, 0.717) is 6.04 Å². The molecule has 1 aliphatic rings. The fourth-order valence-corrected chi connectivity index (χ4v) is 2.84. The highest BCUT2D eigenvalue weighted by Crippen LogP contribution is 2.17. The zero-order chi connectivity index (χ0) is 10.5. The van der Waals surface area contributed by atoms with Gasteiger partial charge < -0.3 is 5.32 Å². The molecule has 0 aliphatic carbocycles. The summed E-state index contributed by atoms with van der Waals surface area (Å²) < 4.78 is 1.74. The topological polar surface area (TPSA) is 29.9 Å². The van der Waals surface area contributed by atoms with Crippen LogP contribution >= 0.6 is 11.8 Å². The van der Waals surface area contributed by atoms with E-state index in [9.17, 15) is 0 Å². The van der Waals surface area contributed by atoms with Crippen LogP contribution in [-0.2, 0) is 6.54 Å². The molecule has 0 spiro atoms. The van der Waals surface area contributed by atoms with E-state index in [1.54, 1.807) is 10.9 Å². The molecule has 2 heterocycles. The van der Waals surface area contributed by atoms with Crippen molar-refractivity contribution in [1.29, 1.82) is 0 Å². The molecular formula is C11H17N3S. The molecule has 1 aliphatic heterocycles. The summed E-state index contributed by atoms with van der Waals surface area (Å²) in [5, 5.41) is 7.72. The highest BCUT2D eigenvalue weighted by Gasteiger charge is 2.12. The van der Waals surface area contributed by atoms with E-state index in [0.717, 1.165) is 6.54 Å². The number of thioether (sulfide) groups is 1. The molecule has 0 amide bonds. The van der Waals surface area contributed by atoms with Crippen LogP contribution in [0.5, 0.6) is 0 Å². The van der Waals surface area contributed by atoms with E-state index in [-0.39, 0.29) is 0 Å². The number of nitrogens with one attached hydrogen (secondary N) is 1.